The van der Waals surface area contributed by atoms with Crippen LogP contribution in [0.15, 0.2) is 72.0 Å². The number of nitrogens with zero attached hydrogens (tertiary/aromatic N) is 2. The Kier molecular flexibility index (Phi) is 4.68. The second-order valence-electron chi connectivity index (χ2n) is 7.97. The molecule has 0 aliphatic carbocycles. The molecule has 2 aromatic heterocycles. The van der Waals surface area contributed by atoms with Gasteiger partial charge in [0, 0.05) is 23.7 Å². The highest BCUT2D eigenvalue weighted by atomic mass is 16.6. The number of ether oxygens (including phenoxy) is 1. The van der Waals surface area contributed by atoms with Gasteiger partial charge in [-0.15, -0.1) is 6.58 Å². The molecule has 0 radical (unpaired) electrons. The first-order valence-corrected chi connectivity index (χ1v) is 10.2. The number of para-hydroxylation sites is 1. The van der Waals surface area contributed by atoms with E-state index in [0.29, 0.717) is 11.8 Å². The van der Waals surface area contributed by atoms with Crippen LogP contribution in [0.1, 0.15) is 35.1 Å². The molecule has 3 aromatic rings. The van der Waals surface area contributed by atoms with Crippen LogP contribution in [0.5, 0.6) is 0 Å². The molecule has 0 spiro atoms. The van der Waals surface area contributed by atoms with E-state index in [2.05, 4.69) is 22.5 Å². The van der Waals surface area contributed by atoms with Crippen LogP contribution in [0.25, 0.3) is 10.9 Å². The lowest BCUT2D eigenvalue weighted by Gasteiger charge is -2.51. The lowest BCUT2D eigenvalue weighted by atomic mass is 9.73. The largest absolute Gasteiger partial charge is 0.457 e. The number of esters is 1. The van der Waals surface area contributed by atoms with Gasteiger partial charge in [0.25, 0.3) is 0 Å². The van der Waals surface area contributed by atoms with Gasteiger partial charge in [-0.25, -0.2) is 4.79 Å². The fraction of sp³-hybridized carbons (Fsp3) is 0.333. The number of hydrogen-bond donors (Lipinski definition) is 0. The van der Waals surface area contributed by atoms with E-state index in [0.717, 1.165) is 36.0 Å². The van der Waals surface area contributed by atoms with E-state index >= 15 is 0 Å². The fourth-order valence-corrected chi connectivity index (χ4v) is 4.98. The maximum absolute atomic E-state index is 12.8. The highest BCUT2D eigenvalue weighted by Crippen LogP contribution is 2.43. The fourth-order valence-electron chi connectivity index (χ4n) is 4.98. The van der Waals surface area contributed by atoms with Crippen molar-refractivity contribution < 1.29 is 13.9 Å². The van der Waals surface area contributed by atoms with Gasteiger partial charge in [-0.1, -0.05) is 24.3 Å². The number of rotatable bonds is 5. The second-order valence-corrected chi connectivity index (χ2v) is 7.97. The van der Waals surface area contributed by atoms with Gasteiger partial charge in [-0.05, 0) is 55.5 Å². The first-order valence-electron chi connectivity index (χ1n) is 10.2. The molecule has 1 unspecified atom stereocenters. The summed E-state index contributed by atoms with van der Waals surface area (Å²) in [6.45, 7) is 6.02. The third kappa shape index (κ3) is 3.25. The summed E-state index contributed by atoms with van der Waals surface area (Å²) >= 11 is 0. The number of carbonyl (C=O) groups is 1. The lowest BCUT2D eigenvalue weighted by molar-refractivity contribution is -0.0578. The minimum absolute atomic E-state index is 0.134. The van der Waals surface area contributed by atoms with Crippen LogP contribution in [0.2, 0.25) is 0 Å². The van der Waals surface area contributed by atoms with Gasteiger partial charge in [0.15, 0.2) is 0 Å². The predicted octanol–water partition coefficient (Wildman–Crippen LogP) is 4.62. The Hall–Kier alpha value is -2.92. The first-order chi connectivity index (χ1) is 14.2. The summed E-state index contributed by atoms with van der Waals surface area (Å²) in [5.74, 6) is 0.896. The molecule has 3 aliphatic heterocycles. The van der Waals surface area contributed by atoms with E-state index in [1.54, 1.807) is 18.3 Å². The molecule has 6 rings (SSSR count). The number of piperidine rings is 3. The van der Waals surface area contributed by atoms with Crippen molar-refractivity contribution in [3.8, 4) is 0 Å². The van der Waals surface area contributed by atoms with E-state index in [-0.39, 0.29) is 17.9 Å². The molecule has 29 heavy (non-hydrogen) atoms. The zero-order valence-corrected chi connectivity index (χ0v) is 16.2. The molecule has 5 nitrogen and oxygen atoms in total. The zero-order valence-electron chi connectivity index (χ0n) is 16.2. The average molecular weight is 388 g/mol. The van der Waals surface area contributed by atoms with Crippen molar-refractivity contribution in [1.29, 1.82) is 0 Å². The molecule has 148 valence electrons. The zero-order chi connectivity index (χ0) is 19.8. The molecule has 3 aliphatic rings. The van der Waals surface area contributed by atoms with Crippen LogP contribution in [0.4, 0.5) is 0 Å². The summed E-state index contributed by atoms with van der Waals surface area (Å²) in [4.78, 5) is 19.8. The molecule has 5 heteroatoms. The van der Waals surface area contributed by atoms with Crippen molar-refractivity contribution >= 4 is 16.9 Å². The van der Waals surface area contributed by atoms with Crippen LogP contribution >= 0.6 is 0 Å². The van der Waals surface area contributed by atoms with E-state index in [1.807, 2.05) is 30.3 Å². The number of hydrogen-bond acceptors (Lipinski definition) is 5. The van der Waals surface area contributed by atoms with Crippen molar-refractivity contribution in [2.45, 2.75) is 25.0 Å². The number of aromatic nitrogens is 1. The van der Waals surface area contributed by atoms with Crippen LogP contribution < -0.4 is 0 Å². The monoisotopic (exact) mass is 388 g/mol. The van der Waals surface area contributed by atoms with Crippen LogP contribution in [0, 0.1) is 11.8 Å². The molecule has 0 saturated carbocycles. The van der Waals surface area contributed by atoms with Gasteiger partial charge >= 0.3 is 5.97 Å². The summed E-state index contributed by atoms with van der Waals surface area (Å²) in [5, 5.41) is 1.02. The highest BCUT2D eigenvalue weighted by Gasteiger charge is 2.44. The lowest BCUT2D eigenvalue weighted by Crippen LogP contribution is -2.55. The molecule has 2 bridgehead atoms. The molecule has 3 saturated heterocycles. The standard InChI is InChI=1S/C24H24N2O3/c1-2-16-15-26-12-10-17(16)14-21(26)23(29-24(27)22-8-5-13-28-22)19-9-11-25-20-7-4-3-6-18(19)20/h2-9,11,13,16-17,21,23H,1,10,12,14-15H2/t16-,17+,21+,23+/m1/s1. The number of pyridine rings is 1. The van der Waals surface area contributed by atoms with E-state index in [1.165, 1.54) is 12.7 Å². The number of carbonyl (C=O) groups excluding carboxylic acids is 1. The quantitative estimate of drug-likeness (QED) is 0.471. The summed E-state index contributed by atoms with van der Waals surface area (Å²) in [7, 11) is 0. The van der Waals surface area contributed by atoms with Crippen LogP contribution in [-0.2, 0) is 4.74 Å². The Morgan fingerprint density at radius 3 is 2.93 bits per heavy atom. The van der Waals surface area contributed by atoms with E-state index in [9.17, 15) is 4.79 Å². The minimum atomic E-state index is -0.427. The number of benzene rings is 1. The average Bonchev–Trinajstić information content (AvgIpc) is 3.32. The van der Waals surface area contributed by atoms with Gasteiger partial charge in [0.2, 0.25) is 5.76 Å². The molecular formula is C24H24N2O3. The van der Waals surface area contributed by atoms with Gasteiger partial charge < -0.3 is 9.15 Å². The van der Waals surface area contributed by atoms with Crippen molar-refractivity contribution in [2.75, 3.05) is 13.1 Å². The highest BCUT2D eigenvalue weighted by molar-refractivity contribution is 5.87. The Morgan fingerprint density at radius 1 is 1.28 bits per heavy atom. The third-order valence-electron chi connectivity index (χ3n) is 6.45. The summed E-state index contributed by atoms with van der Waals surface area (Å²) < 4.78 is 11.4. The molecule has 5 atom stereocenters. The first kappa shape index (κ1) is 18.1. The Bertz CT molecular complexity index is 1020. The Labute approximate surface area is 170 Å². The van der Waals surface area contributed by atoms with Gasteiger partial charge in [-0.2, -0.15) is 0 Å². The molecule has 5 heterocycles. The number of furan rings is 1. The van der Waals surface area contributed by atoms with Crippen molar-refractivity contribution in [3.63, 3.8) is 0 Å². The molecule has 3 fully saturated rings. The number of fused-ring (bicyclic) bond motifs is 4. The van der Waals surface area contributed by atoms with Crippen LogP contribution in [0.3, 0.4) is 0 Å². The predicted molar refractivity (Wildman–Crippen MR) is 110 cm³/mol. The molecular weight excluding hydrogens is 364 g/mol. The Morgan fingerprint density at radius 2 is 2.17 bits per heavy atom. The van der Waals surface area contributed by atoms with Gasteiger partial charge in [-0.3, -0.25) is 9.88 Å². The Balaban J connectivity index is 1.55. The summed E-state index contributed by atoms with van der Waals surface area (Å²) in [6.07, 6.45) is 7.16. The maximum atomic E-state index is 12.8. The molecule has 0 N–H and O–H groups in total. The van der Waals surface area contributed by atoms with Crippen molar-refractivity contribution in [3.05, 3.63) is 78.9 Å². The molecule has 1 aromatic carbocycles. The SMILES string of the molecule is C=C[C@@H]1CN2CC[C@H]1C[C@H]2[C@@H](OC(=O)c1ccco1)c1ccnc2ccccc12. The van der Waals surface area contributed by atoms with Crippen molar-refractivity contribution in [2.24, 2.45) is 11.8 Å². The van der Waals surface area contributed by atoms with E-state index in [4.69, 9.17) is 9.15 Å². The smallest absolute Gasteiger partial charge is 0.374 e. The topological polar surface area (TPSA) is 55.6 Å². The normalized spacial score (nSPS) is 26.9. The van der Waals surface area contributed by atoms with Gasteiger partial charge in [0.05, 0.1) is 17.8 Å². The maximum Gasteiger partial charge on any atom is 0.374 e. The van der Waals surface area contributed by atoms with Crippen LogP contribution in [-0.4, -0.2) is 35.0 Å². The summed E-state index contributed by atoms with van der Waals surface area (Å²) in [5.41, 5.74) is 1.91. The van der Waals surface area contributed by atoms with E-state index < -0.39 is 5.97 Å². The van der Waals surface area contributed by atoms with Gasteiger partial charge in [0.1, 0.15) is 6.10 Å². The third-order valence-corrected chi connectivity index (χ3v) is 6.45. The molecule has 0 amide bonds. The minimum Gasteiger partial charge on any atom is -0.457 e. The second kappa shape index (κ2) is 7.48. The van der Waals surface area contributed by atoms with Crippen molar-refractivity contribution in [1.82, 2.24) is 9.88 Å². The summed E-state index contributed by atoms with van der Waals surface area (Å²) in [6, 6.07) is 13.5.